The number of carbonyl (C=O) groups excluding carboxylic acids is 2. The maximum atomic E-state index is 13.8. The smallest absolute Gasteiger partial charge is 0.263 e. The number of hydrogen-bond acceptors (Lipinski definition) is 4. The first kappa shape index (κ1) is 20.6. The summed E-state index contributed by atoms with van der Waals surface area (Å²) in [6.07, 6.45) is 9.65. The number of allylic oxidation sites excluding steroid dienone is 5. The second-order valence-corrected chi connectivity index (χ2v) is 8.92. The minimum atomic E-state index is -0.865. The van der Waals surface area contributed by atoms with Gasteiger partial charge >= 0.3 is 0 Å². The zero-order chi connectivity index (χ0) is 20.9. The molecule has 1 heterocycles. The van der Waals surface area contributed by atoms with Crippen LogP contribution in [0.25, 0.3) is 0 Å². The minimum Gasteiger partial charge on any atom is -0.505 e. The van der Waals surface area contributed by atoms with Crippen LogP contribution in [0.5, 0.6) is 0 Å². The fraction of sp³-hybridized carbons (Fsp3) is 0.565. The first-order valence-electron chi connectivity index (χ1n) is 10.1. The molecule has 152 valence electrons. The summed E-state index contributed by atoms with van der Waals surface area (Å²) < 4.78 is 0. The fourth-order valence-corrected chi connectivity index (χ4v) is 5.53. The van der Waals surface area contributed by atoms with Crippen molar-refractivity contribution in [3.8, 4) is 0 Å². The zero-order valence-corrected chi connectivity index (χ0v) is 17.4. The Morgan fingerprint density at radius 3 is 2.57 bits per heavy atom. The van der Waals surface area contributed by atoms with Crippen LogP contribution in [0.3, 0.4) is 0 Å². The van der Waals surface area contributed by atoms with Crippen molar-refractivity contribution in [1.29, 1.82) is 0 Å². The van der Waals surface area contributed by atoms with E-state index < -0.39 is 16.9 Å². The van der Waals surface area contributed by atoms with Gasteiger partial charge in [0.05, 0.1) is 11.3 Å². The van der Waals surface area contributed by atoms with Gasteiger partial charge in [-0.1, -0.05) is 36.8 Å². The van der Waals surface area contributed by atoms with Crippen LogP contribution in [-0.4, -0.2) is 27.5 Å². The molecule has 5 atom stereocenters. The number of aliphatic hydroxyl groups is 2. The maximum Gasteiger partial charge on any atom is 0.263 e. The van der Waals surface area contributed by atoms with Crippen molar-refractivity contribution in [1.82, 2.24) is 5.32 Å². The summed E-state index contributed by atoms with van der Waals surface area (Å²) in [5.74, 6) is -1.21. The molecule has 0 radical (unpaired) electrons. The zero-order valence-electron chi connectivity index (χ0n) is 17.4. The van der Waals surface area contributed by atoms with E-state index in [1.54, 1.807) is 13.0 Å². The molecule has 0 spiro atoms. The highest BCUT2D eigenvalue weighted by Gasteiger charge is 2.56. The molecule has 5 heteroatoms. The van der Waals surface area contributed by atoms with Crippen LogP contribution in [0.1, 0.15) is 53.9 Å². The number of Topliss-reactive ketones (excluding diaryl/α,β-unsaturated/α-hetero) is 1. The predicted molar refractivity (Wildman–Crippen MR) is 108 cm³/mol. The van der Waals surface area contributed by atoms with E-state index in [2.05, 4.69) is 11.4 Å². The molecule has 1 aliphatic heterocycles. The molecule has 0 aromatic heterocycles. The summed E-state index contributed by atoms with van der Waals surface area (Å²) in [7, 11) is 0. The van der Waals surface area contributed by atoms with E-state index in [4.69, 9.17) is 0 Å². The third-order valence-corrected chi connectivity index (χ3v) is 6.93. The van der Waals surface area contributed by atoms with Gasteiger partial charge in [0.25, 0.3) is 5.91 Å². The molecular weight excluding hydrogens is 354 g/mol. The maximum absolute atomic E-state index is 13.8. The van der Waals surface area contributed by atoms with Crippen LogP contribution in [0.4, 0.5) is 0 Å². The highest BCUT2D eigenvalue weighted by Crippen LogP contribution is 2.56. The first-order chi connectivity index (χ1) is 13.1. The van der Waals surface area contributed by atoms with Crippen LogP contribution >= 0.6 is 0 Å². The standard InChI is InChI=1S/C23H31NO4/c1-6-8-15-13(3)11-14-12-22(4,28)10-9-16(14)23(15,5)20(26)18-19(25)17(7-2)24-21(18)27/h6-8,11,14-16,25,28H,9-10,12H2,1-5H3,(H,24,27)/b8-6+,17-7-/t14-,15-,16-,22-,23-/m1/s1. The number of amides is 1. The molecule has 3 rings (SSSR count). The number of aliphatic hydroxyl groups excluding tert-OH is 1. The minimum absolute atomic E-state index is 0.00659. The van der Waals surface area contributed by atoms with E-state index in [9.17, 15) is 19.8 Å². The molecule has 1 saturated carbocycles. The largest absolute Gasteiger partial charge is 0.505 e. The quantitative estimate of drug-likeness (QED) is 0.510. The van der Waals surface area contributed by atoms with Crippen molar-refractivity contribution >= 4 is 11.7 Å². The number of hydrogen-bond donors (Lipinski definition) is 3. The van der Waals surface area contributed by atoms with Gasteiger partial charge in [-0.2, -0.15) is 0 Å². The fourth-order valence-electron chi connectivity index (χ4n) is 5.53. The molecule has 5 nitrogen and oxygen atoms in total. The Kier molecular flexibility index (Phi) is 5.17. The highest BCUT2D eigenvalue weighted by atomic mass is 16.3. The lowest BCUT2D eigenvalue weighted by molar-refractivity contribution is -0.136. The monoisotopic (exact) mass is 385 g/mol. The second kappa shape index (κ2) is 7.03. The average molecular weight is 386 g/mol. The Morgan fingerprint density at radius 1 is 1.32 bits per heavy atom. The Labute approximate surface area is 166 Å². The van der Waals surface area contributed by atoms with Crippen LogP contribution < -0.4 is 5.32 Å². The van der Waals surface area contributed by atoms with Crippen molar-refractivity contribution < 1.29 is 19.8 Å². The van der Waals surface area contributed by atoms with Crippen LogP contribution in [0, 0.1) is 23.2 Å². The number of fused-ring (bicyclic) bond motifs is 1. The summed E-state index contributed by atoms with van der Waals surface area (Å²) >= 11 is 0. The van der Waals surface area contributed by atoms with Crippen molar-refractivity contribution in [2.75, 3.05) is 0 Å². The highest BCUT2D eigenvalue weighted by molar-refractivity contribution is 6.24. The lowest BCUT2D eigenvalue weighted by atomic mass is 9.51. The Bertz CT molecular complexity index is 830. The van der Waals surface area contributed by atoms with E-state index in [0.29, 0.717) is 19.3 Å². The molecule has 3 N–H and O–H groups in total. The number of ketones is 1. The van der Waals surface area contributed by atoms with Gasteiger partial charge in [0.2, 0.25) is 0 Å². The third-order valence-electron chi connectivity index (χ3n) is 6.93. The molecule has 0 unspecified atom stereocenters. The van der Waals surface area contributed by atoms with Gasteiger partial charge in [-0.3, -0.25) is 9.59 Å². The van der Waals surface area contributed by atoms with Gasteiger partial charge in [0, 0.05) is 11.3 Å². The molecule has 2 aliphatic carbocycles. The Balaban J connectivity index is 2.14. The van der Waals surface area contributed by atoms with Crippen molar-refractivity contribution in [3.63, 3.8) is 0 Å². The number of nitrogens with one attached hydrogen (secondary N) is 1. The topological polar surface area (TPSA) is 86.6 Å². The summed E-state index contributed by atoms with van der Waals surface area (Å²) in [6.45, 7) is 9.41. The Hall–Kier alpha value is -2.14. The van der Waals surface area contributed by atoms with Gasteiger partial charge in [-0.25, -0.2) is 0 Å². The summed E-state index contributed by atoms with van der Waals surface area (Å²) in [4.78, 5) is 26.3. The van der Waals surface area contributed by atoms with E-state index in [1.807, 2.05) is 39.8 Å². The lowest BCUT2D eigenvalue weighted by Crippen LogP contribution is -2.53. The predicted octanol–water partition coefficient (Wildman–Crippen LogP) is 3.73. The lowest BCUT2D eigenvalue weighted by Gasteiger charge is -2.52. The molecule has 0 aromatic carbocycles. The SMILES string of the molecule is C/C=C1\NC(=O)C(C(=O)[C@]2(C)[C@H](/C=C/C)C(C)=C[C@@H]3C[C@](C)(O)CC[C@H]32)=C1O. The van der Waals surface area contributed by atoms with Crippen molar-refractivity contribution in [3.05, 3.63) is 46.9 Å². The third kappa shape index (κ3) is 3.06. The normalized spacial score (nSPS) is 39.9. The molecule has 1 amide bonds. The molecule has 0 saturated heterocycles. The Morgan fingerprint density at radius 2 is 2.00 bits per heavy atom. The van der Waals surface area contributed by atoms with Gasteiger partial charge in [0.15, 0.2) is 11.5 Å². The molecule has 0 bridgehead atoms. The molecule has 0 aromatic rings. The van der Waals surface area contributed by atoms with Gasteiger partial charge in [0.1, 0.15) is 5.57 Å². The summed E-state index contributed by atoms with van der Waals surface area (Å²) in [6, 6.07) is 0. The van der Waals surface area contributed by atoms with Gasteiger partial charge < -0.3 is 15.5 Å². The van der Waals surface area contributed by atoms with Crippen LogP contribution in [-0.2, 0) is 9.59 Å². The van der Waals surface area contributed by atoms with Crippen LogP contribution in [0.2, 0.25) is 0 Å². The molecule has 3 aliphatic rings. The van der Waals surface area contributed by atoms with E-state index in [-0.39, 0.29) is 40.6 Å². The van der Waals surface area contributed by atoms with Gasteiger partial charge in [-0.05, 0) is 58.8 Å². The van der Waals surface area contributed by atoms with Crippen LogP contribution in [0.15, 0.2) is 46.9 Å². The van der Waals surface area contributed by atoms with E-state index in [0.717, 1.165) is 5.57 Å². The van der Waals surface area contributed by atoms with E-state index in [1.165, 1.54) is 0 Å². The van der Waals surface area contributed by atoms with Gasteiger partial charge in [-0.15, -0.1) is 0 Å². The molecule has 28 heavy (non-hydrogen) atoms. The second-order valence-electron chi connectivity index (χ2n) is 8.92. The van der Waals surface area contributed by atoms with Crippen molar-refractivity contribution in [2.24, 2.45) is 23.2 Å². The van der Waals surface area contributed by atoms with E-state index >= 15 is 0 Å². The first-order valence-corrected chi connectivity index (χ1v) is 10.1. The number of rotatable bonds is 3. The summed E-state index contributed by atoms with van der Waals surface area (Å²) in [5.41, 5.74) is -0.407. The summed E-state index contributed by atoms with van der Waals surface area (Å²) in [5, 5.41) is 23.7. The average Bonchev–Trinajstić information content (AvgIpc) is 2.90. The van der Waals surface area contributed by atoms with Crippen molar-refractivity contribution in [2.45, 2.75) is 59.5 Å². The molecular formula is C23H31NO4. The molecule has 1 fully saturated rings. The number of carbonyl (C=O) groups is 2.